The molecule has 1 heterocycles. The Morgan fingerprint density at radius 3 is 2.40 bits per heavy atom. The van der Waals surface area contributed by atoms with Gasteiger partial charge in [-0.2, -0.15) is 0 Å². The quantitative estimate of drug-likeness (QED) is 0.808. The Morgan fingerprint density at radius 1 is 1.00 bits per heavy atom. The van der Waals surface area contributed by atoms with Crippen molar-refractivity contribution in [3.63, 3.8) is 0 Å². The molecule has 15 heavy (non-hydrogen) atoms. The average Bonchev–Trinajstić information content (AvgIpc) is 2.17. The highest BCUT2D eigenvalue weighted by Gasteiger charge is 1.98. The van der Waals surface area contributed by atoms with E-state index < -0.39 is 0 Å². The standard InChI is InChI=1S/C12H13N3/c1-9-8-12(14-10(2)13-9)15-11-6-4-3-5-7-11/h3-8H,1-2H3,(H,13,14,15). The zero-order valence-corrected chi connectivity index (χ0v) is 8.86. The molecule has 2 aromatic rings. The van der Waals surface area contributed by atoms with Gasteiger partial charge >= 0.3 is 0 Å². The molecule has 1 aromatic heterocycles. The minimum Gasteiger partial charge on any atom is -0.340 e. The second-order valence-electron chi connectivity index (χ2n) is 3.43. The fraction of sp³-hybridized carbons (Fsp3) is 0.167. The number of anilines is 2. The summed E-state index contributed by atoms with van der Waals surface area (Å²) in [4.78, 5) is 8.53. The zero-order chi connectivity index (χ0) is 10.7. The second-order valence-corrected chi connectivity index (χ2v) is 3.43. The summed E-state index contributed by atoms with van der Waals surface area (Å²) in [5, 5.41) is 3.23. The van der Waals surface area contributed by atoms with Crippen LogP contribution in [-0.4, -0.2) is 9.97 Å². The minimum absolute atomic E-state index is 0.786. The van der Waals surface area contributed by atoms with E-state index in [0.29, 0.717) is 0 Å². The van der Waals surface area contributed by atoms with Gasteiger partial charge in [0.25, 0.3) is 0 Å². The number of hydrogen-bond acceptors (Lipinski definition) is 3. The minimum atomic E-state index is 0.786. The highest BCUT2D eigenvalue weighted by atomic mass is 15.0. The van der Waals surface area contributed by atoms with E-state index in [-0.39, 0.29) is 0 Å². The Kier molecular flexibility index (Phi) is 2.63. The van der Waals surface area contributed by atoms with E-state index in [2.05, 4.69) is 15.3 Å². The van der Waals surface area contributed by atoms with Gasteiger partial charge in [0.15, 0.2) is 0 Å². The van der Waals surface area contributed by atoms with Crippen molar-refractivity contribution in [2.24, 2.45) is 0 Å². The van der Waals surface area contributed by atoms with Crippen LogP contribution in [0.15, 0.2) is 36.4 Å². The maximum atomic E-state index is 4.31. The van der Waals surface area contributed by atoms with Gasteiger partial charge in [-0.25, -0.2) is 9.97 Å². The lowest BCUT2D eigenvalue weighted by Gasteiger charge is -2.06. The summed E-state index contributed by atoms with van der Waals surface area (Å²) in [5.41, 5.74) is 2.01. The molecule has 0 saturated heterocycles. The van der Waals surface area contributed by atoms with Crippen molar-refractivity contribution >= 4 is 11.5 Å². The predicted octanol–water partition coefficient (Wildman–Crippen LogP) is 2.84. The number of benzene rings is 1. The van der Waals surface area contributed by atoms with E-state index in [4.69, 9.17) is 0 Å². The first kappa shape index (κ1) is 9.65. The fourth-order valence-corrected chi connectivity index (χ4v) is 1.45. The van der Waals surface area contributed by atoms with Crippen LogP contribution in [-0.2, 0) is 0 Å². The Labute approximate surface area is 89.2 Å². The van der Waals surface area contributed by atoms with E-state index in [1.54, 1.807) is 0 Å². The summed E-state index contributed by atoms with van der Waals surface area (Å²) < 4.78 is 0. The fourth-order valence-electron chi connectivity index (χ4n) is 1.45. The lowest BCUT2D eigenvalue weighted by Crippen LogP contribution is -1.98. The highest BCUT2D eigenvalue weighted by molar-refractivity contribution is 5.55. The number of nitrogens with one attached hydrogen (secondary N) is 1. The number of aryl methyl sites for hydroxylation is 2. The molecule has 0 aliphatic heterocycles. The van der Waals surface area contributed by atoms with Gasteiger partial charge in [-0.3, -0.25) is 0 Å². The number of aromatic nitrogens is 2. The van der Waals surface area contributed by atoms with Crippen molar-refractivity contribution in [3.8, 4) is 0 Å². The van der Waals surface area contributed by atoms with Crippen molar-refractivity contribution in [1.29, 1.82) is 0 Å². The Hall–Kier alpha value is -1.90. The van der Waals surface area contributed by atoms with Gasteiger partial charge in [-0.15, -0.1) is 0 Å². The molecule has 76 valence electrons. The average molecular weight is 199 g/mol. The lowest BCUT2D eigenvalue weighted by atomic mass is 10.3. The van der Waals surface area contributed by atoms with Crippen molar-refractivity contribution in [1.82, 2.24) is 9.97 Å². The van der Waals surface area contributed by atoms with Gasteiger partial charge < -0.3 is 5.32 Å². The summed E-state index contributed by atoms with van der Waals surface area (Å²) in [6.07, 6.45) is 0. The van der Waals surface area contributed by atoms with Crippen LogP contribution in [0, 0.1) is 13.8 Å². The van der Waals surface area contributed by atoms with Gasteiger partial charge in [0.2, 0.25) is 0 Å². The largest absolute Gasteiger partial charge is 0.340 e. The van der Waals surface area contributed by atoms with Crippen LogP contribution in [0.2, 0.25) is 0 Å². The molecule has 1 aromatic carbocycles. The topological polar surface area (TPSA) is 37.8 Å². The molecule has 0 unspecified atom stereocenters. The van der Waals surface area contributed by atoms with Crippen LogP contribution < -0.4 is 5.32 Å². The van der Waals surface area contributed by atoms with Gasteiger partial charge in [0.05, 0.1) is 0 Å². The van der Waals surface area contributed by atoms with E-state index in [9.17, 15) is 0 Å². The second kappa shape index (κ2) is 4.09. The van der Waals surface area contributed by atoms with Crippen molar-refractivity contribution in [2.75, 3.05) is 5.32 Å². The van der Waals surface area contributed by atoms with E-state index in [0.717, 1.165) is 23.0 Å². The molecule has 3 nitrogen and oxygen atoms in total. The predicted molar refractivity (Wildman–Crippen MR) is 61.2 cm³/mol. The number of rotatable bonds is 2. The Bertz CT molecular complexity index is 431. The Balaban J connectivity index is 2.25. The van der Waals surface area contributed by atoms with Crippen molar-refractivity contribution in [2.45, 2.75) is 13.8 Å². The zero-order valence-electron chi connectivity index (χ0n) is 8.86. The molecule has 0 aliphatic rings. The molecule has 0 spiro atoms. The summed E-state index contributed by atoms with van der Waals surface area (Å²) in [7, 11) is 0. The number of nitrogens with zero attached hydrogens (tertiary/aromatic N) is 2. The van der Waals surface area contributed by atoms with Crippen LogP contribution in [0.3, 0.4) is 0 Å². The van der Waals surface area contributed by atoms with Crippen LogP contribution in [0.25, 0.3) is 0 Å². The molecule has 0 atom stereocenters. The summed E-state index contributed by atoms with van der Waals surface area (Å²) in [6, 6.07) is 11.9. The third-order valence-electron chi connectivity index (χ3n) is 2.01. The molecule has 0 radical (unpaired) electrons. The van der Waals surface area contributed by atoms with E-state index in [1.165, 1.54) is 0 Å². The molecule has 0 bridgehead atoms. The SMILES string of the molecule is Cc1cc(Nc2ccccc2)nc(C)n1. The maximum Gasteiger partial charge on any atom is 0.134 e. The van der Waals surface area contributed by atoms with Crippen molar-refractivity contribution in [3.05, 3.63) is 47.9 Å². The highest BCUT2D eigenvalue weighted by Crippen LogP contribution is 2.14. The van der Waals surface area contributed by atoms with Gasteiger partial charge in [-0.05, 0) is 26.0 Å². The first-order valence-electron chi connectivity index (χ1n) is 4.88. The first-order valence-corrected chi connectivity index (χ1v) is 4.88. The van der Waals surface area contributed by atoms with E-state index in [1.807, 2.05) is 50.2 Å². The third-order valence-corrected chi connectivity index (χ3v) is 2.01. The molecular weight excluding hydrogens is 186 g/mol. The van der Waals surface area contributed by atoms with Crippen LogP contribution in [0.5, 0.6) is 0 Å². The smallest absolute Gasteiger partial charge is 0.134 e. The first-order chi connectivity index (χ1) is 7.24. The summed E-state index contributed by atoms with van der Waals surface area (Å²) in [6.45, 7) is 3.86. The van der Waals surface area contributed by atoms with Gasteiger partial charge in [0.1, 0.15) is 11.6 Å². The molecule has 3 heteroatoms. The van der Waals surface area contributed by atoms with Crippen LogP contribution in [0.4, 0.5) is 11.5 Å². The van der Waals surface area contributed by atoms with E-state index >= 15 is 0 Å². The van der Waals surface area contributed by atoms with Gasteiger partial charge in [-0.1, -0.05) is 18.2 Å². The maximum absolute atomic E-state index is 4.31. The molecule has 2 rings (SSSR count). The molecule has 0 aliphatic carbocycles. The summed E-state index contributed by atoms with van der Waals surface area (Å²) >= 11 is 0. The van der Waals surface area contributed by atoms with Crippen LogP contribution >= 0.6 is 0 Å². The molecular formula is C12H13N3. The molecule has 1 N–H and O–H groups in total. The molecule has 0 amide bonds. The van der Waals surface area contributed by atoms with Crippen LogP contribution in [0.1, 0.15) is 11.5 Å². The van der Waals surface area contributed by atoms with Crippen molar-refractivity contribution < 1.29 is 0 Å². The third kappa shape index (κ3) is 2.53. The monoisotopic (exact) mass is 199 g/mol. The molecule has 0 fully saturated rings. The normalized spacial score (nSPS) is 10.0. The number of para-hydroxylation sites is 1. The summed E-state index contributed by atoms with van der Waals surface area (Å²) in [5.74, 6) is 1.62. The number of hydrogen-bond donors (Lipinski definition) is 1. The Morgan fingerprint density at radius 2 is 1.73 bits per heavy atom. The molecule has 0 saturated carbocycles. The van der Waals surface area contributed by atoms with Gasteiger partial charge in [0, 0.05) is 17.4 Å². The lowest BCUT2D eigenvalue weighted by molar-refractivity contribution is 1.02.